The number of carbonyl (C=O) groups excluding carboxylic acids is 1. The lowest BCUT2D eigenvalue weighted by atomic mass is 10.1. The van der Waals surface area contributed by atoms with Gasteiger partial charge in [-0.3, -0.25) is 19.9 Å². The third-order valence-corrected chi connectivity index (χ3v) is 5.05. The summed E-state index contributed by atoms with van der Waals surface area (Å²) in [5.41, 5.74) is 2.66. The van der Waals surface area contributed by atoms with Crippen LogP contribution in [-0.4, -0.2) is 49.9 Å². The van der Waals surface area contributed by atoms with E-state index in [1.165, 1.54) is 6.20 Å². The normalized spacial score (nSPS) is 17.7. The Hall–Kier alpha value is -3.49. The highest BCUT2D eigenvalue weighted by atomic mass is 16.2. The number of amides is 2. The lowest BCUT2D eigenvalue weighted by molar-refractivity contribution is 0.254. The molecule has 1 saturated heterocycles. The number of anilines is 3. The Labute approximate surface area is 155 Å². The predicted octanol–water partition coefficient (Wildman–Crippen LogP) is 1.90. The molecule has 0 saturated carbocycles. The van der Waals surface area contributed by atoms with Crippen molar-refractivity contribution < 1.29 is 4.79 Å². The van der Waals surface area contributed by atoms with Gasteiger partial charge in [-0.15, -0.1) is 0 Å². The second kappa shape index (κ2) is 6.04. The minimum atomic E-state index is -0.238. The summed E-state index contributed by atoms with van der Waals surface area (Å²) in [4.78, 5) is 30.1. The van der Waals surface area contributed by atoms with Crippen molar-refractivity contribution in [3.63, 3.8) is 0 Å². The highest BCUT2D eigenvalue weighted by Crippen LogP contribution is 2.40. The molecule has 3 aromatic rings. The number of carbonyl (C=O) groups is 1. The number of urea groups is 1. The lowest BCUT2D eigenvalue weighted by Gasteiger charge is -2.35. The van der Waals surface area contributed by atoms with E-state index in [1.54, 1.807) is 28.2 Å². The van der Waals surface area contributed by atoms with Crippen molar-refractivity contribution in [2.45, 2.75) is 12.5 Å². The second-order valence-corrected chi connectivity index (χ2v) is 6.66. The third-order valence-electron chi connectivity index (χ3n) is 5.05. The average molecular weight is 362 g/mol. The van der Waals surface area contributed by atoms with Gasteiger partial charge in [0.2, 0.25) is 0 Å². The van der Waals surface area contributed by atoms with Crippen molar-refractivity contribution in [2.24, 2.45) is 7.05 Å². The molecule has 0 aromatic carbocycles. The number of rotatable bonds is 2. The van der Waals surface area contributed by atoms with Gasteiger partial charge in [0, 0.05) is 38.7 Å². The Kier molecular flexibility index (Phi) is 3.52. The van der Waals surface area contributed by atoms with Crippen LogP contribution in [-0.2, 0) is 7.05 Å². The standard InChI is InChI=1S/C18H18N8O/c1-24-14(4-6-21-24)13-2-3-15-17(22-13)26(12-5-9-25(15)11-12)18(27)23-16-10-19-7-8-20-16/h2-4,6-8,10,12H,5,9,11H2,1H3,(H,20,23,27)/t12-/m0/s1. The van der Waals surface area contributed by atoms with E-state index in [4.69, 9.17) is 4.98 Å². The van der Waals surface area contributed by atoms with E-state index >= 15 is 0 Å². The lowest BCUT2D eigenvalue weighted by Crippen LogP contribution is -2.48. The molecular weight excluding hydrogens is 344 g/mol. The molecule has 9 nitrogen and oxygen atoms in total. The summed E-state index contributed by atoms with van der Waals surface area (Å²) in [6.07, 6.45) is 7.30. The van der Waals surface area contributed by atoms with Gasteiger partial charge in [-0.25, -0.2) is 14.8 Å². The minimum absolute atomic E-state index is 0.0865. The molecule has 5 heterocycles. The summed E-state index contributed by atoms with van der Waals surface area (Å²) < 4.78 is 1.77. The molecule has 2 amide bonds. The minimum Gasteiger partial charge on any atom is -0.366 e. The number of nitrogens with zero attached hydrogens (tertiary/aromatic N) is 7. The molecule has 1 fully saturated rings. The topological polar surface area (TPSA) is 92.1 Å². The number of aryl methyl sites for hydroxylation is 1. The maximum atomic E-state index is 13.1. The van der Waals surface area contributed by atoms with Gasteiger partial charge in [-0.1, -0.05) is 0 Å². The molecular formula is C18H18N8O. The van der Waals surface area contributed by atoms with Crippen LogP contribution in [0.4, 0.5) is 22.1 Å². The molecule has 0 aliphatic carbocycles. The molecule has 5 rings (SSSR count). The maximum Gasteiger partial charge on any atom is 0.329 e. The van der Waals surface area contributed by atoms with Gasteiger partial charge in [0.05, 0.1) is 29.3 Å². The Morgan fingerprint density at radius 3 is 2.93 bits per heavy atom. The largest absolute Gasteiger partial charge is 0.366 e. The van der Waals surface area contributed by atoms with E-state index in [2.05, 4.69) is 25.3 Å². The van der Waals surface area contributed by atoms with Crippen LogP contribution in [0.2, 0.25) is 0 Å². The summed E-state index contributed by atoms with van der Waals surface area (Å²) in [5.74, 6) is 1.09. The molecule has 1 N–H and O–H groups in total. The van der Waals surface area contributed by atoms with Gasteiger partial charge in [-0.2, -0.15) is 5.10 Å². The van der Waals surface area contributed by atoms with E-state index < -0.39 is 0 Å². The molecule has 2 aliphatic rings. The van der Waals surface area contributed by atoms with Gasteiger partial charge >= 0.3 is 6.03 Å². The van der Waals surface area contributed by atoms with Crippen molar-refractivity contribution in [1.82, 2.24) is 24.7 Å². The molecule has 2 aliphatic heterocycles. The van der Waals surface area contributed by atoms with Crippen LogP contribution in [0.3, 0.4) is 0 Å². The first-order valence-corrected chi connectivity index (χ1v) is 8.81. The molecule has 0 spiro atoms. The zero-order valence-corrected chi connectivity index (χ0v) is 14.8. The quantitative estimate of drug-likeness (QED) is 0.749. The van der Waals surface area contributed by atoms with Crippen LogP contribution >= 0.6 is 0 Å². The fourth-order valence-corrected chi connectivity index (χ4v) is 3.77. The van der Waals surface area contributed by atoms with Crippen LogP contribution in [0.15, 0.2) is 43.0 Å². The van der Waals surface area contributed by atoms with Gasteiger partial charge < -0.3 is 4.90 Å². The number of nitrogens with one attached hydrogen (secondary N) is 1. The Bertz CT molecular complexity index is 1000. The van der Waals surface area contributed by atoms with Gasteiger partial charge in [0.15, 0.2) is 11.6 Å². The number of pyridine rings is 1. The monoisotopic (exact) mass is 362 g/mol. The van der Waals surface area contributed by atoms with Gasteiger partial charge in [-0.05, 0) is 24.6 Å². The van der Waals surface area contributed by atoms with Crippen molar-refractivity contribution in [1.29, 1.82) is 0 Å². The van der Waals surface area contributed by atoms with Crippen LogP contribution in [0.1, 0.15) is 6.42 Å². The predicted molar refractivity (Wildman–Crippen MR) is 101 cm³/mol. The Morgan fingerprint density at radius 1 is 1.22 bits per heavy atom. The van der Waals surface area contributed by atoms with Gasteiger partial charge in [0.1, 0.15) is 0 Å². The summed E-state index contributed by atoms with van der Waals surface area (Å²) >= 11 is 0. The highest BCUT2D eigenvalue weighted by Gasteiger charge is 2.40. The first-order valence-electron chi connectivity index (χ1n) is 8.81. The van der Waals surface area contributed by atoms with Crippen molar-refractivity contribution >= 4 is 23.4 Å². The van der Waals surface area contributed by atoms with Crippen LogP contribution in [0.5, 0.6) is 0 Å². The summed E-state index contributed by atoms with van der Waals surface area (Å²) in [5, 5.41) is 7.05. The highest BCUT2D eigenvalue weighted by molar-refractivity contribution is 6.04. The van der Waals surface area contributed by atoms with Crippen molar-refractivity contribution in [2.75, 3.05) is 28.2 Å². The van der Waals surface area contributed by atoms with E-state index in [9.17, 15) is 4.79 Å². The summed E-state index contributed by atoms with van der Waals surface area (Å²) in [7, 11) is 1.88. The molecule has 3 aromatic heterocycles. The number of aromatic nitrogens is 5. The maximum absolute atomic E-state index is 13.1. The smallest absolute Gasteiger partial charge is 0.329 e. The first kappa shape index (κ1) is 15.7. The Morgan fingerprint density at radius 2 is 2.15 bits per heavy atom. The first-order chi connectivity index (χ1) is 13.2. The van der Waals surface area contributed by atoms with E-state index in [-0.39, 0.29) is 12.1 Å². The van der Waals surface area contributed by atoms with Crippen LogP contribution < -0.4 is 15.1 Å². The average Bonchev–Trinajstić information content (AvgIpc) is 3.29. The van der Waals surface area contributed by atoms with Crippen molar-refractivity contribution in [3.05, 3.63) is 43.0 Å². The van der Waals surface area contributed by atoms with Gasteiger partial charge in [0.25, 0.3) is 0 Å². The van der Waals surface area contributed by atoms with E-state index in [1.807, 2.05) is 25.2 Å². The fourth-order valence-electron chi connectivity index (χ4n) is 3.77. The summed E-state index contributed by atoms with van der Waals surface area (Å²) in [6.45, 7) is 1.73. The van der Waals surface area contributed by atoms with E-state index in [0.717, 1.165) is 36.6 Å². The zero-order valence-electron chi connectivity index (χ0n) is 14.8. The third kappa shape index (κ3) is 2.59. The number of hydrogen-bond donors (Lipinski definition) is 1. The molecule has 2 bridgehead atoms. The van der Waals surface area contributed by atoms with E-state index in [0.29, 0.717) is 11.6 Å². The molecule has 1 atom stereocenters. The Balaban J connectivity index is 1.55. The molecule has 0 radical (unpaired) electrons. The molecule has 9 heteroatoms. The molecule has 27 heavy (non-hydrogen) atoms. The fraction of sp³-hybridized carbons (Fsp3) is 0.278. The second-order valence-electron chi connectivity index (χ2n) is 6.66. The number of hydrogen-bond acceptors (Lipinski definition) is 6. The molecule has 0 unspecified atom stereocenters. The van der Waals surface area contributed by atoms with Crippen LogP contribution in [0.25, 0.3) is 11.4 Å². The van der Waals surface area contributed by atoms with Crippen LogP contribution in [0, 0.1) is 0 Å². The number of fused-ring (bicyclic) bond motifs is 4. The van der Waals surface area contributed by atoms with Crippen molar-refractivity contribution in [3.8, 4) is 11.4 Å². The SMILES string of the molecule is Cn1nccc1-c1ccc2c(n1)N(C(=O)Nc1cnccn1)[C@H]1CCN2C1. The summed E-state index contributed by atoms with van der Waals surface area (Å²) in [6, 6.07) is 5.78. The zero-order chi connectivity index (χ0) is 18.4. The molecule has 136 valence electrons.